The maximum atomic E-state index is 11.0. The first-order valence-electron chi connectivity index (χ1n) is 12.0. The number of nitrogens with one attached hydrogen (secondary N) is 1. The summed E-state index contributed by atoms with van der Waals surface area (Å²) >= 11 is 0. The predicted molar refractivity (Wildman–Crippen MR) is 142 cm³/mol. The van der Waals surface area contributed by atoms with Crippen molar-refractivity contribution in [3.8, 4) is 0 Å². The summed E-state index contributed by atoms with van der Waals surface area (Å²) in [6.45, 7) is 15.1. The van der Waals surface area contributed by atoms with Gasteiger partial charge in [-0.1, -0.05) is 76.9 Å². The van der Waals surface area contributed by atoms with E-state index in [0.717, 1.165) is 43.4 Å². The van der Waals surface area contributed by atoms with Crippen LogP contribution in [0.2, 0.25) is 0 Å². The monoisotopic (exact) mass is 435 g/mol. The molecule has 0 unspecified atom stereocenters. The second-order valence-electron chi connectivity index (χ2n) is 9.10. The van der Waals surface area contributed by atoms with E-state index >= 15 is 0 Å². The zero-order chi connectivity index (χ0) is 22.8. The standard InChI is InChI=1S/C24H29NO.C5H12.CH4/c1-16-5-12-24(18(3)13-16)25-19(4)23-14-22(9-6-17(23)2)21-10-7-20(15-26)8-11-21;1-3-5-4-2;/h5-6,9,12-15,20-21,25H,4,7-8,10-11H2,1-3H3;3-5H2,1-2H3;1H4. The molecule has 2 aromatic carbocycles. The van der Waals surface area contributed by atoms with Crippen LogP contribution in [-0.2, 0) is 4.79 Å². The fourth-order valence-corrected chi connectivity index (χ4v) is 4.34. The lowest BCUT2D eigenvalue weighted by atomic mass is 9.78. The second-order valence-corrected chi connectivity index (χ2v) is 9.10. The van der Waals surface area contributed by atoms with Gasteiger partial charge in [0, 0.05) is 22.9 Å². The third-order valence-corrected chi connectivity index (χ3v) is 6.40. The smallest absolute Gasteiger partial charge is 0.123 e. The Morgan fingerprint density at radius 3 is 2.16 bits per heavy atom. The Bertz CT molecular complexity index is 857. The lowest BCUT2D eigenvalue weighted by Crippen LogP contribution is -2.14. The quantitative estimate of drug-likeness (QED) is 0.440. The average molecular weight is 436 g/mol. The summed E-state index contributed by atoms with van der Waals surface area (Å²) in [5, 5.41) is 3.50. The summed E-state index contributed by atoms with van der Waals surface area (Å²) in [7, 11) is 0. The number of benzene rings is 2. The minimum absolute atomic E-state index is 0. The van der Waals surface area contributed by atoms with Crippen molar-refractivity contribution in [1.29, 1.82) is 0 Å². The van der Waals surface area contributed by atoms with Crippen molar-refractivity contribution in [2.75, 3.05) is 5.32 Å². The van der Waals surface area contributed by atoms with Crippen molar-refractivity contribution in [2.24, 2.45) is 5.92 Å². The molecule has 3 rings (SSSR count). The molecule has 2 heteroatoms. The van der Waals surface area contributed by atoms with Crippen molar-refractivity contribution in [3.05, 3.63) is 70.8 Å². The zero-order valence-electron chi connectivity index (χ0n) is 20.3. The number of unbranched alkanes of at least 4 members (excludes halogenated alkanes) is 2. The molecule has 1 fully saturated rings. The molecule has 1 N–H and O–H groups in total. The molecular weight excluding hydrogens is 390 g/mol. The van der Waals surface area contributed by atoms with Gasteiger partial charge in [0.1, 0.15) is 6.29 Å². The number of hydrogen-bond acceptors (Lipinski definition) is 2. The Hall–Kier alpha value is -2.35. The van der Waals surface area contributed by atoms with E-state index in [-0.39, 0.29) is 13.3 Å². The first kappa shape index (κ1) is 27.7. The summed E-state index contributed by atoms with van der Waals surface area (Å²) < 4.78 is 0. The van der Waals surface area contributed by atoms with Crippen LogP contribution in [0.15, 0.2) is 43.0 Å². The molecule has 0 aliphatic heterocycles. The summed E-state index contributed by atoms with van der Waals surface area (Å²) in [4.78, 5) is 11.0. The molecule has 0 saturated heterocycles. The van der Waals surface area contributed by atoms with Crippen LogP contribution in [0.5, 0.6) is 0 Å². The van der Waals surface area contributed by atoms with Crippen molar-refractivity contribution < 1.29 is 4.79 Å². The van der Waals surface area contributed by atoms with Gasteiger partial charge < -0.3 is 10.1 Å². The molecule has 0 spiro atoms. The summed E-state index contributed by atoms with van der Waals surface area (Å²) in [5.41, 5.74) is 8.33. The fourth-order valence-electron chi connectivity index (χ4n) is 4.34. The zero-order valence-corrected chi connectivity index (χ0v) is 20.3. The van der Waals surface area contributed by atoms with Gasteiger partial charge in [0.05, 0.1) is 0 Å². The number of hydrogen-bond donors (Lipinski definition) is 1. The van der Waals surface area contributed by atoms with Gasteiger partial charge in [0.2, 0.25) is 0 Å². The molecule has 1 saturated carbocycles. The van der Waals surface area contributed by atoms with E-state index in [1.54, 1.807) is 0 Å². The summed E-state index contributed by atoms with van der Waals surface area (Å²) in [6, 6.07) is 13.2. The van der Waals surface area contributed by atoms with Crippen LogP contribution >= 0.6 is 0 Å². The van der Waals surface area contributed by atoms with Gasteiger partial charge in [0.15, 0.2) is 0 Å². The van der Waals surface area contributed by atoms with Gasteiger partial charge >= 0.3 is 0 Å². The number of carbonyl (C=O) groups excluding carboxylic acids is 1. The Labute approximate surface area is 197 Å². The highest BCUT2D eigenvalue weighted by atomic mass is 16.1. The Kier molecular flexibility index (Phi) is 12.1. The average Bonchev–Trinajstić information content (AvgIpc) is 2.77. The first-order valence-corrected chi connectivity index (χ1v) is 12.0. The summed E-state index contributed by atoms with van der Waals surface area (Å²) in [6.07, 6.45) is 9.43. The Balaban J connectivity index is 0.000000770. The first-order chi connectivity index (χ1) is 14.9. The van der Waals surface area contributed by atoms with Crippen molar-refractivity contribution in [1.82, 2.24) is 0 Å². The summed E-state index contributed by atoms with van der Waals surface area (Å²) in [5.74, 6) is 0.816. The SMILES string of the molecule is C.C=C(Nc1ccc(C)cc1C)c1cc(C2CCC(C=O)CC2)ccc1C.CCCCC. The molecule has 0 heterocycles. The number of aldehydes is 1. The number of aryl methyl sites for hydroxylation is 3. The van der Waals surface area contributed by atoms with Crippen LogP contribution < -0.4 is 5.32 Å². The molecule has 2 nitrogen and oxygen atoms in total. The molecule has 176 valence electrons. The van der Waals surface area contributed by atoms with Crippen LogP contribution in [0.3, 0.4) is 0 Å². The second kappa shape index (κ2) is 13.9. The van der Waals surface area contributed by atoms with Crippen LogP contribution in [-0.4, -0.2) is 6.29 Å². The van der Waals surface area contributed by atoms with Crippen LogP contribution in [0.1, 0.15) is 100.0 Å². The third kappa shape index (κ3) is 7.97. The van der Waals surface area contributed by atoms with Gasteiger partial charge in [0.25, 0.3) is 0 Å². The van der Waals surface area contributed by atoms with E-state index in [2.05, 4.69) is 82.9 Å². The molecule has 0 radical (unpaired) electrons. The number of anilines is 1. The Morgan fingerprint density at radius 1 is 0.969 bits per heavy atom. The van der Waals surface area contributed by atoms with Crippen molar-refractivity contribution in [2.45, 2.75) is 92.9 Å². The normalized spacial score (nSPS) is 17.4. The van der Waals surface area contributed by atoms with Crippen LogP contribution in [0, 0.1) is 26.7 Å². The molecule has 0 atom stereocenters. The third-order valence-electron chi connectivity index (χ3n) is 6.40. The van der Waals surface area contributed by atoms with Gasteiger partial charge in [-0.15, -0.1) is 0 Å². The molecule has 0 bridgehead atoms. The molecule has 32 heavy (non-hydrogen) atoms. The minimum atomic E-state index is 0. The highest BCUT2D eigenvalue weighted by molar-refractivity contribution is 5.78. The van der Waals surface area contributed by atoms with Crippen molar-refractivity contribution in [3.63, 3.8) is 0 Å². The van der Waals surface area contributed by atoms with Gasteiger partial charge in [-0.05, 0) is 81.2 Å². The maximum absolute atomic E-state index is 11.0. The fraction of sp³-hybridized carbons (Fsp3) is 0.500. The molecule has 1 aliphatic rings. The molecular formula is C30H45NO. The van der Waals surface area contributed by atoms with E-state index < -0.39 is 0 Å². The lowest BCUT2D eigenvalue weighted by Gasteiger charge is -2.26. The molecule has 0 aromatic heterocycles. The van der Waals surface area contributed by atoms with Gasteiger partial charge in [-0.2, -0.15) is 0 Å². The van der Waals surface area contributed by atoms with E-state index in [9.17, 15) is 4.79 Å². The highest BCUT2D eigenvalue weighted by Gasteiger charge is 2.22. The van der Waals surface area contributed by atoms with E-state index in [1.807, 2.05) is 0 Å². The number of carbonyl (C=O) groups is 1. The minimum Gasteiger partial charge on any atom is -0.355 e. The predicted octanol–water partition coefficient (Wildman–Crippen LogP) is 9.00. The van der Waals surface area contributed by atoms with E-state index in [4.69, 9.17) is 0 Å². The topological polar surface area (TPSA) is 29.1 Å². The van der Waals surface area contributed by atoms with Gasteiger partial charge in [-0.3, -0.25) is 0 Å². The lowest BCUT2D eigenvalue weighted by molar-refractivity contribution is -0.111. The van der Waals surface area contributed by atoms with Crippen molar-refractivity contribution >= 4 is 17.7 Å². The van der Waals surface area contributed by atoms with Crippen LogP contribution in [0.25, 0.3) is 5.70 Å². The Morgan fingerprint density at radius 2 is 1.62 bits per heavy atom. The molecule has 0 amide bonds. The van der Waals surface area contributed by atoms with E-state index in [0.29, 0.717) is 5.92 Å². The van der Waals surface area contributed by atoms with Crippen LogP contribution in [0.4, 0.5) is 5.69 Å². The largest absolute Gasteiger partial charge is 0.355 e. The highest BCUT2D eigenvalue weighted by Crippen LogP contribution is 2.36. The molecule has 1 aliphatic carbocycles. The number of rotatable bonds is 7. The maximum Gasteiger partial charge on any atom is 0.123 e. The van der Waals surface area contributed by atoms with Gasteiger partial charge in [-0.25, -0.2) is 0 Å². The van der Waals surface area contributed by atoms with E-state index in [1.165, 1.54) is 47.1 Å². The molecule has 2 aromatic rings.